The van der Waals surface area contributed by atoms with Crippen molar-refractivity contribution in [2.75, 3.05) is 13.7 Å². The van der Waals surface area contributed by atoms with Crippen LogP contribution in [0.4, 0.5) is 0 Å². The Morgan fingerprint density at radius 2 is 2.47 bits per heavy atom. The lowest BCUT2D eigenvalue weighted by Gasteiger charge is -2.34. The van der Waals surface area contributed by atoms with Crippen LogP contribution in [0.5, 0.6) is 0 Å². The second-order valence-corrected chi connectivity index (χ2v) is 4.02. The number of nitrogens with one attached hydrogen (secondary N) is 2. The lowest BCUT2D eigenvalue weighted by molar-refractivity contribution is 0.0175. The Hall–Kier alpha value is -0.940. The molecule has 2 N–H and O–H groups in total. The molecule has 15 heavy (non-hydrogen) atoms. The zero-order valence-electron chi connectivity index (χ0n) is 9.07. The number of rotatable bonds is 6. The average Bonchev–Trinajstić information content (AvgIpc) is 2.67. The van der Waals surface area contributed by atoms with Gasteiger partial charge in [0.15, 0.2) is 0 Å². The molecule has 5 heteroatoms. The van der Waals surface area contributed by atoms with E-state index in [1.807, 2.05) is 0 Å². The van der Waals surface area contributed by atoms with Crippen molar-refractivity contribution in [1.82, 2.24) is 20.5 Å². The summed E-state index contributed by atoms with van der Waals surface area (Å²) >= 11 is 0. The van der Waals surface area contributed by atoms with Gasteiger partial charge < -0.3 is 10.1 Å². The third-order valence-electron chi connectivity index (χ3n) is 2.92. The molecule has 1 fully saturated rings. The summed E-state index contributed by atoms with van der Waals surface area (Å²) in [6.45, 7) is 1.04. The fraction of sp³-hybridized carbons (Fsp3) is 0.800. The molecular weight excluding hydrogens is 192 g/mol. The third kappa shape index (κ3) is 3.00. The molecule has 1 aromatic rings. The quantitative estimate of drug-likeness (QED) is 0.671. The van der Waals surface area contributed by atoms with Gasteiger partial charge in [-0.1, -0.05) is 0 Å². The van der Waals surface area contributed by atoms with E-state index < -0.39 is 0 Å². The molecule has 0 spiro atoms. The van der Waals surface area contributed by atoms with Crippen molar-refractivity contribution in [3.63, 3.8) is 0 Å². The Balaban J connectivity index is 1.50. The van der Waals surface area contributed by atoms with E-state index in [0.717, 1.165) is 38.1 Å². The molecule has 0 aliphatic heterocycles. The summed E-state index contributed by atoms with van der Waals surface area (Å²) < 4.78 is 5.22. The summed E-state index contributed by atoms with van der Waals surface area (Å²) in [6, 6.07) is 0.657. The van der Waals surface area contributed by atoms with Crippen LogP contribution in [0.2, 0.25) is 0 Å². The molecule has 1 saturated carbocycles. The van der Waals surface area contributed by atoms with E-state index in [0.29, 0.717) is 12.1 Å². The van der Waals surface area contributed by atoms with Crippen LogP contribution in [0.3, 0.4) is 0 Å². The molecule has 0 saturated heterocycles. The fourth-order valence-corrected chi connectivity index (χ4v) is 1.84. The topological polar surface area (TPSA) is 62.8 Å². The molecule has 84 valence electrons. The fourth-order valence-electron chi connectivity index (χ4n) is 1.84. The molecule has 0 unspecified atom stereocenters. The summed E-state index contributed by atoms with van der Waals surface area (Å²) in [6.07, 6.45) is 6.41. The molecule has 0 bridgehead atoms. The van der Waals surface area contributed by atoms with Crippen molar-refractivity contribution < 1.29 is 4.74 Å². The highest BCUT2D eigenvalue weighted by Crippen LogP contribution is 2.22. The molecule has 0 amide bonds. The molecule has 1 aromatic heterocycles. The largest absolute Gasteiger partial charge is 0.381 e. The first-order valence-corrected chi connectivity index (χ1v) is 5.49. The van der Waals surface area contributed by atoms with Gasteiger partial charge in [0.25, 0.3) is 0 Å². The van der Waals surface area contributed by atoms with Gasteiger partial charge in [0.05, 0.1) is 6.10 Å². The van der Waals surface area contributed by atoms with Gasteiger partial charge in [0, 0.05) is 19.6 Å². The predicted octanol–water partition coefficient (Wildman–Crippen LogP) is 0.504. The monoisotopic (exact) mass is 210 g/mol. The number of aromatic amines is 1. The Bertz CT molecular complexity index is 269. The average molecular weight is 210 g/mol. The SMILES string of the molecule is COC1CC(NCCCc2ncn[nH]2)C1. The minimum atomic E-state index is 0.483. The Kier molecular flexibility index (Phi) is 3.69. The van der Waals surface area contributed by atoms with Crippen LogP contribution in [0.15, 0.2) is 6.33 Å². The molecule has 0 radical (unpaired) electrons. The highest BCUT2D eigenvalue weighted by atomic mass is 16.5. The minimum Gasteiger partial charge on any atom is -0.381 e. The van der Waals surface area contributed by atoms with E-state index >= 15 is 0 Å². The molecule has 2 rings (SSSR count). The Labute approximate surface area is 89.6 Å². The second-order valence-electron chi connectivity index (χ2n) is 4.02. The summed E-state index contributed by atoms with van der Waals surface area (Å²) in [5.41, 5.74) is 0. The van der Waals surface area contributed by atoms with Crippen LogP contribution >= 0.6 is 0 Å². The minimum absolute atomic E-state index is 0.483. The van der Waals surface area contributed by atoms with Gasteiger partial charge in [-0.2, -0.15) is 5.10 Å². The van der Waals surface area contributed by atoms with Gasteiger partial charge in [-0.15, -0.1) is 0 Å². The molecule has 1 aliphatic rings. The zero-order chi connectivity index (χ0) is 10.5. The predicted molar refractivity (Wildman–Crippen MR) is 56.5 cm³/mol. The maximum atomic E-state index is 5.22. The standard InChI is InChI=1S/C10H18N4O/c1-15-9-5-8(6-9)11-4-2-3-10-12-7-13-14-10/h7-9,11H,2-6H2,1H3,(H,12,13,14). The van der Waals surface area contributed by atoms with Crippen LogP contribution in [-0.4, -0.2) is 41.0 Å². The van der Waals surface area contributed by atoms with Gasteiger partial charge in [-0.3, -0.25) is 5.10 Å². The van der Waals surface area contributed by atoms with Crippen molar-refractivity contribution >= 4 is 0 Å². The summed E-state index contributed by atoms with van der Waals surface area (Å²) in [4.78, 5) is 4.08. The number of ether oxygens (including phenoxy) is 1. The number of aromatic nitrogens is 3. The molecule has 0 aromatic carbocycles. The number of hydrogen-bond acceptors (Lipinski definition) is 4. The van der Waals surface area contributed by atoms with Crippen molar-refractivity contribution in [2.45, 2.75) is 37.8 Å². The molecule has 1 heterocycles. The number of nitrogens with zero attached hydrogens (tertiary/aromatic N) is 2. The van der Waals surface area contributed by atoms with Gasteiger partial charge in [0.1, 0.15) is 12.2 Å². The van der Waals surface area contributed by atoms with E-state index in [2.05, 4.69) is 20.5 Å². The smallest absolute Gasteiger partial charge is 0.137 e. The third-order valence-corrected chi connectivity index (χ3v) is 2.92. The maximum Gasteiger partial charge on any atom is 0.137 e. The Morgan fingerprint density at radius 3 is 3.13 bits per heavy atom. The van der Waals surface area contributed by atoms with Gasteiger partial charge in [0.2, 0.25) is 0 Å². The summed E-state index contributed by atoms with van der Waals surface area (Å²) in [7, 11) is 1.78. The van der Waals surface area contributed by atoms with Crippen LogP contribution in [0.25, 0.3) is 0 Å². The summed E-state index contributed by atoms with van der Waals surface area (Å²) in [5, 5.41) is 10.2. The van der Waals surface area contributed by atoms with Crippen molar-refractivity contribution in [1.29, 1.82) is 0 Å². The van der Waals surface area contributed by atoms with E-state index in [9.17, 15) is 0 Å². The first-order valence-electron chi connectivity index (χ1n) is 5.49. The van der Waals surface area contributed by atoms with Crippen molar-refractivity contribution in [3.05, 3.63) is 12.2 Å². The number of aryl methyl sites for hydroxylation is 1. The van der Waals surface area contributed by atoms with E-state index in [4.69, 9.17) is 4.74 Å². The number of hydrogen-bond donors (Lipinski definition) is 2. The number of H-pyrrole nitrogens is 1. The van der Waals surface area contributed by atoms with Gasteiger partial charge in [-0.25, -0.2) is 4.98 Å². The van der Waals surface area contributed by atoms with Gasteiger partial charge >= 0.3 is 0 Å². The highest BCUT2D eigenvalue weighted by Gasteiger charge is 2.27. The Morgan fingerprint density at radius 1 is 1.60 bits per heavy atom. The van der Waals surface area contributed by atoms with E-state index in [1.54, 1.807) is 13.4 Å². The molecule has 0 atom stereocenters. The lowest BCUT2D eigenvalue weighted by atomic mass is 9.89. The van der Waals surface area contributed by atoms with Crippen molar-refractivity contribution in [2.24, 2.45) is 0 Å². The van der Waals surface area contributed by atoms with Crippen LogP contribution in [0.1, 0.15) is 25.1 Å². The zero-order valence-corrected chi connectivity index (χ0v) is 9.07. The van der Waals surface area contributed by atoms with Crippen molar-refractivity contribution in [3.8, 4) is 0 Å². The molecule has 5 nitrogen and oxygen atoms in total. The number of methoxy groups -OCH3 is 1. The van der Waals surface area contributed by atoms with Gasteiger partial charge in [-0.05, 0) is 25.8 Å². The lowest BCUT2D eigenvalue weighted by Crippen LogP contribution is -2.45. The van der Waals surface area contributed by atoms with E-state index in [-0.39, 0.29) is 0 Å². The van der Waals surface area contributed by atoms with E-state index in [1.165, 1.54) is 0 Å². The maximum absolute atomic E-state index is 5.22. The van der Waals surface area contributed by atoms with Crippen LogP contribution in [0, 0.1) is 0 Å². The first-order chi connectivity index (χ1) is 7.38. The molecular formula is C10H18N4O. The normalized spacial score (nSPS) is 25.1. The highest BCUT2D eigenvalue weighted by molar-refractivity contribution is 4.86. The van der Waals surface area contributed by atoms with Crippen LogP contribution in [-0.2, 0) is 11.2 Å². The second kappa shape index (κ2) is 5.23. The summed E-state index contributed by atoms with van der Waals surface area (Å²) in [5.74, 6) is 0.972. The first kappa shape index (κ1) is 10.6. The van der Waals surface area contributed by atoms with Crippen LogP contribution < -0.4 is 5.32 Å². The molecule has 1 aliphatic carbocycles.